The normalized spacial score (nSPS) is 11.2. The number of aromatic nitrogens is 4. The molecule has 0 radical (unpaired) electrons. The molecule has 2 aromatic heterocycles. The highest BCUT2D eigenvalue weighted by Gasteiger charge is 2.09. The summed E-state index contributed by atoms with van der Waals surface area (Å²) in [5.74, 6) is 0.930. The van der Waals surface area contributed by atoms with Crippen LogP contribution in [0.3, 0.4) is 0 Å². The molecule has 0 fully saturated rings. The van der Waals surface area contributed by atoms with E-state index in [1.807, 2.05) is 30.3 Å². The molecule has 0 aliphatic carbocycles. The van der Waals surface area contributed by atoms with Crippen LogP contribution in [0.15, 0.2) is 6.20 Å². The number of aryl methyl sites for hydroxylation is 2. The Morgan fingerprint density at radius 1 is 1.28 bits per heavy atom. The maximum absolute atomic E-state index is 5.94. The second-order valence-corrected chi connectivity index (χ2v) is 4.82. The van der Waals surface area contributed by atoms with Gasteiger partial charge in [-0.2, -0.15) is 5.10 Å². The highest BCUT2D eigenvalue weighted by atomic mass is 35.5. The summed E-state index contributed by atoms with van der Waals surface area (Å²) >= 11 is 5.94. The lowest BCUT2D eigenvalue weighted by atomic mass is 10.2. The first kappa shape index (κ1) is 13.1. The Bertz CT molecular complexity index is 555. The van der Waals surface area contributed by atoms with Crippen LogP contribution in [0.5, 0.6) is 0 Å². The number of nitrogens with zero attached hydrogens (tertiary/aromatic N) is 4. The van der Waals surface area contributed by atoms with E-state index < -0.39 is 0 Å². The van der Waals surface area contributed by atoms with Crippen LogP contribution >= 0.6 is 11.6 Å². The highest BCUT2D eigenvalue weighted by Crippen LogP contribution is 2.12. The van der Waals surface area contributed by atoms with Crippen molar-refractivity contribution in [2.75, 3.05) is 0 Å². The molecule has 2 aromatic rings. The summed E-state index contributed by atoms with van der Waals surface area (Å²) in [6.07, 6.45) is 1.67. The van der Waals surface area contributed by atoms with E-state index in [9.17, 15) is 0 Å². The lowest BCUT2D eigenvalue weighted by Crippen LogP contribution is -2.16. The fourth-order valence-corrected chi connectivity index (χ4v) is 2.11. The number of nitrogens with one attached hydrogen (secondary N) is 1. The van der Waals surface area contributed by atoms with Crippen LogP contribution in [0, 0.1) is 13.8 Å². The van der Waals surface area contributed by atoms with E-state index in [-0.39, 0.29) is 0 Å². The predicted molar refractivity (Wildman–Crippen MR) is 71.4 cm³/mol. The van der Waals surface area contributed by atoms with Crippen LogP contribution in [0.25, 0.3) is 0 Å². The minimum atomic E-state index is 0.653. The standard InChI is InChI=1S/C12H18ClN5/c1-8-10(9(2)18(4)16-8)5-14-7-12-15-6-11(13)17(12)3/h6,14H,5,7H2,1-4H3. The number of imidazole rings is 1. The third-order valence-electron chi connectivity index (χ3n) is 3.27. The van der Waals surface area contributed by atoms with E-state index in [1.165, 1.54) is 11.3 Å². The molecule has 0 aliphatic rings. The fourth-order valence-electron chi connectivity index (χ4n) is 1.96. The van der Waals surface area contributed by atoms with Crippen molar-refractivity contribution in [3.63, 3.8) is 0 Å². The molecule has 2 heterocycles. The van der Waals surface area contributed by atoms with Gasteiger partial charge in [0, 0.05) is 31.9 Å². The van der Waals surface area contributed by atoms with Gasteiger partial charge in [0.25, 0.3) is 0 Å². The van der Waals surface area contributed by atoms with E-state index >= 15 is 0 Å². The van der Waals surface area contributed by atoms with Gasteiger partial charge in [-0.25, -0.2) is 4.98 Å². The summed E-state index contributed by atoms with van der Waals surface area (Å²) in [5, 5.41) is 8.42. The van der Waals surface area contributed by atoms with Crippen LogP contribution in [-0.2, 0) is 27.2 Å². The summed E-state index contributed by atoms with van der Waals surface area (Å²) in [4.78, 5) is 4.24. The average molecular weight is 268 g/mol. The van der Waals surface area contributed by atoms with Crippen molar-refractivity contribution < 1.29 is 0 Å². The zero-order valence-electron chi connectivity index (χ0n) is 11.2. The quantitative estimate of drug-likeness (QED) is 0.918. The largest absolute Gasteiger partial charge is 0.321 e. The number of hydrogen-bond acceptors (Lipinski definition) is 3. The van der Waals surface area contributed by atoms with Crippen molar-refractivity contribution in [2.45, 2.75) is 26.9 Å². The first-order valence-corrected chi connectivity index (χ1v) is 6.24. The number of halogens is 1. The van der Waals surface area contributed by atoms with E-state index in [1.54, 1.807) is 6.20 Å². The lowest BCUT2D eigenvalue weighted by Gasteiger charge is -2.06. The molecule has 0 bridgehead atoms. The predicted octanol–water partition coefficient (Wildman–Crippen LogP) is 1.71. The van der Waals surface area contributed by atoms with Crippen LogP contribution in [0.1, 0.15) is 22.8 Å². The molecule has 1 N–H and O–H groups in total. The molecule has 0 unspecified atom stereocenters. The van der Waals surface area contributed by atoms with Gasteiger partial charge in [-0.1, -0.05) is 11.6 Å². The van der Waals surface area contributed by atoms with E-state index in [0.29, 0.717) is 11.7 Å². The molecule has 0 amide bonds. The Labute approximate surface area is 112 Å². The smallest absolute Gasteiger partial charge is 0.128 e. The second-order valence-electron chi connectivity index (χ2n) is 4.43. The summed E-state index contributed by atoms with van der Waals surface area (Å²) < 4.78 is 3.78. The van der Waals surface area contributed by atoms with Gasteiger partial charge >= 0.3 is 0 Å². The monoisotopic (exact) mass is 267 g/mol. The summed E-state index contributed by atoms with van der Waals surface area (Å²) in [6, 6.07) is 0. The van der Waals surface area contributed by atoms with Crippen LogP contribution in [0.4, 0.5) is 0 Å². The first-order valence-electron chi connectivity index (χ1n) is 5.86. The van der Waals surface area contributed by atoms with Crippen molar-refractivity contribution >= 4 is 11.6 Å². The third kappa shape index (κ3) is 2.42. The van der Waals surface area contributed by atoms with Crippen LogP contribution in [0.2, 0.25) is 5.15 Å². The van der Waals surface area contributed by atoms with E-state index in [4.69, 9.17) is 11.6 Å². The maximum Gasteiger partial charge on any atom is 0.128 e. The molecule has 0 aliphatic heterocycles. The number of rotatable bonds is 4. The first-order chi connectivity index (χ1) is 8.50. The van der Waals surface area contributed by atoms with Gasteiger partial charge in [0.2, 0.25) is 0 Å². The van der Waals surface area contributed by atoms with Gasteiger partial charge in [0.15, 0.2) is 0 Å². The van der Waals surface area contributed by atoms with Gasteiger partial charge in [0.05, 0.1) is 18.4 Å². The summed E-state index contributed by atoms with van der Waals surface area (Å²) in [7, 11) is 3.87. The summed E-state index contributed by atoms with van der Waals surface area (Å²) in [5.41, 5.74) is 3.51. The lowest BCUT2D eigenvalue weighted by molar-refractivity contribution is 0.635. The zero-order chi connectivity index (χ0) is 13.3. The average Bonchev–Trinajstić information content (AvgIpc) is 2.76. The Kier molecular flexibility index (Phi) is 3.73. The second kappa shape index (κ2) is 5.12. The molecule has 18 heavy (non-hydrogen) atoms. The van der Waals surface area contributed by atoms with E-state index in [2.05, 4.69) is 22.3 Å². The molecule has 5 nitrogen and oxygen atoms in total. The van der Waals surface area contributed by atoms with E-state index in [0.717, 1.165) is 18.1 Å². The molecule has 98 valence electrons. The van der Waals surface area contributed by atoms with Gasteiger partial charge in [0.1, 0.15) is 11.0 Å². The Morgan fingerprint density at radius 2 is 2.00 bits per heavy atom. The molecule has 0 aromatic carbocycles. The molecular formula is C12H18ClN5. The van der Waals surface area contributed by atoms with Gasteiger partial charge in [-0.05, 0) is 13.8 Å². The van der Waals surface area contributed by atoms with Gasteiger partial charge < -0.3 is 9.88 Å². The van der Waals surface area contributed by atoms with Crippen molar-refractivity contribution in [1.29, 1.82) is 0 Å². The number of hydrogen-bond donors (Lipinski definition) is 1. The van der Waals surface area contributed by atoms with Crippen LogP contribution in [-0.4, -0.2) is 19.3 Å². The maximum atomic E-state index is 5.94. The van der Waals surface area contributed by atoms with Crippen LogP contribution < -0.4 is 5.32 Å². The third-order valence-corrected chi connectivity index (χ3v) is 3.62. The molecule has 0 saturated heterocycles. The van der Waals surface area contributed by atoms with Crippen molar-refractivity contribution in [2.24, 2.45) is 14.1 Å². The summed E-state index contributed by atoms with van der Waals surface area (Å²) in [6.45, 7) is 5.59. The topological polar surface area (TPSA) is 47.7 Å². The Hall–Kier alpha value is -1.33. The molecule has 0 spiro atoms. The van der Waals surface area contributed by atoms with Crippen molar-refractivity contribution in [1.82, 2.24) is 24.6 Å². The Morgan fingerprint density at radius 3 is 2.50 bits per heavy atom. The zero-order valence-corrected chi connectivity index (χ0v) is 11.9. The van der Waals surface area contributed by atoms with Crippen molar-refractivity contribution in [3.05, 3.63) is 34.1 Å². The van der Waals surface area contributed by atoms with Gasteiger partial charge in [-0.3, -0.25) is 4.68 Å². The molecule has 0 saturated carbocycles. The minimum absolute atomic E-state index is 0.653. The molecular weight excluding hydrogens is 250 g/mol. The molecule has 0 atom stereocenters. The highest BCUT2D eigenvalue weighted by molar-refractivity contribution is 6.29. The molecule has 2 rings (SSSR count). The molecule has 6 heteroatoms. The van der Waals surface area contributed by atoms with Gasteiger partial charge in [-0.15, -0.1) is 0 Å². The SMILES string of the molecule is Cc1nn(C)c(C)c1CNCc1ncc(Cl)n1C. The van der Waals surface area contributed by atoms with Crippen molar-refractivity contribution in [3.8, 4) is 0 Å². The fraction of sp³-hybridized carbons (Fsp3) is 0.500. The minimum Gasteiger partial charge on any atom is -0.321 e. The Balaban J connectivity index is 1.98.